The van der Waals surface area contributed by atoms with Crippen LogP contribution in [0.1, 0.15) is 71.1 Å². The van der Waals surface area contributed by atoms with E-state index in [1.54, 1.807) is 0 Å². The smallest absolute Gasteiger partial charge is 0.248 e. The number of aliphatic hydroxyl groups is 4. The fourth-order valence-corrected chi connectivity index (χ4v) is 3.59. The molecule has 0 spiro atoms. The summed E-state index contributed by atoms with van der Waals surface area (Å²) < 4.78 is 5.51. The normalized spacial score (nSPS) is 27.5. The van der Waals surface area contributed by atoms with E-state index in [0.29, 0.717) is 6.54 Å². The lowest BCUT2D eigenvalue weighted by Gasteiger charge is -2.44. The van der Waals surface area contributed by atoms with Gasteiger partial charge in [-0.2, -0.15) is 0 Å². The summed E-state index contributed by atoms with van der Waals surface area (Å²) in [5.41, 5.74) is 0. The van der Waals surface area contributed by atoms with Crippen molar-refractivity contribution in [3.63, 3.8) is 0 Å². The summed E-state index contributed by atoms with van der Waals surface area (Å²) in [5, 5.41) is 39.4. The van der Waals surface area contributed by atoms with Crippen LogP contribution in [0, 0.1) is 0 Å². The lowest BCUT2D eigenvalue weighted by Crippen LogP contribution is -2.64. The Kier molecular flexibility index (Phi) is 12.6. The lowest BCUT2D eigenvalue weighted by molar-refractivity contribution is -0.261. The van der Waals surface area contributed by atoms with E-state index in [0.717, 1.165) is 25.3 Å². The Bertz CT molecular complexity index is 445. The predicted octanol–water partition coefficient (Wildman–Crippen LogP) is 1.72. The van der Waals surface area contributed by atoms with E-state index in [1.165, 1.54) is 49.8 Å². The van der Waals surface area contributed by atoms with Gasteiger partial charge in [-0.3, -0.25) is 4.79 Å². The Labute approximate surface area is 169 Å². The van der Waals surface area contributed by atoms with Crippen molar-refractivity contribution < 1.29 is 30.0 Å². The molecule has 164 valence electrons. The number of nitrogens with zero attached hydrogens (tertiary/aromatic N) is 1. The van der Waals surface area contributed by atoms with Crippen LogP contribution in [0.15, 0.2) is 12.7 Å². The highest BCUT2D eigenvalue weighted by molar-refractivity contribution is 5.87. The highest BCUT2D eigenvalue weighted by Gasteiger charge is 2.46. The minimum Gasteiger partial charge on any atom is -0.394 e. The first-order chi connectivity index (χ1) is 13.5. The van der Waals surface area contributed by atoms with Gasteiger partial charge in [-0.15, -0.1) is 0 Å². The summed E-state index contributed by atoms with van der Waals surface area (Å²) in [4.78, 5) is 13.6. The van der Waals surface area contributed by atoms with Crippen LogP contribution in [0.25, 0.3) is 0 Å². The molecule has 0 aliphatic carbocycles. The van der Waals surface area contributed by atoms with Crippen molar-refractivity contribution in [3.8, 4) is 0 Å². The molecule has 0 aromatic heterocycles. The molecule has 0 aromatic rings. The fraction of sp³-hybridized carbons (Fsp3) is 0.857. The van der Waals surface area contributed by atoms with Gasteiger partial charge in [-0.05, 0) is 12.5 Å². The Hall–Kier alpha value is -0.990. The van der Waals surface area contributed by atoms with E-state index < -0.39 is 43.2 Å². The van der Waals surface area contributed by atoms with Crippen LogP contribution in [-0.2, 0) is 9.53 Å². The number of unbranched alkanes of at least 4 members (excludes halogenated alkanes) is 9. The van der Waals surface area contributed by atoms with Gasteiger partial charge in [0, 0.05) is 6.54 Å². The molecule has 0 saturated carbocycles. The van der Waals surface area contributed by atoms with Crippen molar-refractivity contribution in [2.24, 2.45) is 0 Å². The average Bonchev–Trinajstić information content (AvgIpc) is 2.71. The molecular formula is C21H39NO6. The maximum Gasteiger partial charge on any atom is 0.248 e. The van der Waals surface area contributed by atoms with Crippen molar-refractivity contribution in [2.45, 2.75) is 102 Å². The molecule has 1 amide bonds. The maximum atomic E-state index is 12.2. The molecule has 1 saturated heterocycles. The minimum absolute atomic E-state index is 0.351. The summed E-state index contributed by atoms with van der Waals surface area (Å²) in [5.74, 6) is -0.416. The summed E-state index contributed by atoms with van der Waals surface area (Å²) in [6.45, 7) is 5.53. The molecule has 1 heterocycles. The second kappa shape index (κ2) is 14.1. The molecule has 7 heteroatoms. The molecule has 0 unspecified atom stereocenters. The lowest BCUT2D eigenvalue weighted by atomic mass is 9.97. The van der Waals surface area contributed by atoms with Crippen molar-refractivity contribution in [1.82, 2.24) is 4.90 Å². The molecule has 5 atom stereocenters. The predicted molar refractivity (Wildman–Crippen MR) is 108 cm³/mol. The van der Waals surface area contributed by atoms with E-state index in [2.05, 4.69) is 13.5 Å². The van der Waals surface area contributed by atoms with Crippen LogP contribution in [0.2, 0.25) is 0 Å². The second-order valence-electron chi connectivity index (χ2n) is 7.64. The van der Waals surface area contributed by atoms with Gasteiger partial charge in [0.05, 0.1) is 6.61 Å². The first-order valence-electron chi connectivity index (χ1n) is 10.7. The number of rotatable bonds is 14. The van der Waals surface area contributed by atoms with Crippen LogP contribution in [0.3, 0.4) is 0 Å². The summed E-state index contributed by atoms with van der Waals surface area (Å²) in [7, 11) is 0. The molecular weight excluding hydrogens is 362 g/mol. The number of hydrogen-bond acceptors (Lipinski definition) is 6. The van der Waals surface area contributed by atoms with Gasteiger partial charge in [-0.1, -0.05) is 71.3 Å². The van der Waals surface area contributed by atoms with Crippen molar-refractivity contribution in [1.29, 1.82) is 0 Å². The van der Waals surface area contributed by atoms with Crippen LogP contribution in [0.4, 0.5) is 0 Å². The molecule has 1 aliphatic rings. The quantitative estimate of drug-likeness (QED) is 0.261. The molecule has 0 bridgehead atoms. The fourth-order valence-electron chi connectivity index (χ4n) is 3.59. The Morgan fingerprint density at radius 2 is 1.46 bits per heavy atom. The second-order valence-corrected chi connectivity index (χ2v) is 7.64. The average molecular weight is 402 g/mol. The topological polar surface area (TPSA) is 110 Å². The number of hydrogen-bond donors (Lipinski definition) is 4. The standard InChI is InChI=1S/C21H39NO6/c1-3-5-6-7-8-9-10-11-12-13-14-22(17(24)4-2)21-20(27)19(26)18(25)16(15-23)28-21/h4,16,18-21,23,25-27H,2-3,5-15H2,1H3/t16-,18-,19+,20-,21-/m1/s1. The van der Waals surface area contributed by atoms with Crippen LogP contribution >= 0.6 is 0 Å². The molecule has 1 rings (SSSR count). The van der Waals surface area contributed by atoms with E-state index in [9.17, 15) is 25.2 Å². The van der Waals surface area contributed by atoms with Gasteiger partial charge in [-0.25, -0.2) is 0 Å². The van der Waals surface area contributed by atoms with Gasteiger partial charge in [0.15, 0.2) is 6.23 Å². The third kappa shape index (κ3) is 7.79. The van der Waals surface area contributed by atoms with Crippen LogP contribution < -0.4 is 0 Å². The minimum atomic E-state index is -1.50. The SMILES string of the molecule is C=CC(=O)N(CCCCCCCCCCCC)[C@@H]1O[C@H](CO)[C@@H](O)[C@H](O)[C@H]1O. The van der Waals surface area contributed by atoms with Gasteiger partial charge in [0.1, 0.15) is 24.4 Å². The zero-order valence-corrected chi connectivity index (χ0v) is 17.2. The number of aliphatic hydroxyl groups excluding tert-OH is 4. The van der Waals surface area contributed by atoms with Crippen molar-refractivity contribution in [3.05, 3.63) is 12.7 Å². The maximum absolute atomic E-state index is 12.2. The summed E-state index contributed by atoms with van der Waals surface area (Å²) in [6, 6.07) is 0. The van der Waals surface area contributed by atoms with Gasteiger partial charge in [0.25, 0.3) is 0 Å². The third-order valence-electron chi connectivity index (χ3n) is 5.38. The monoisotopic (exact) mass is 401 g/mol. The molecule has 7 nitrogen and oxygen atoms in total. The number of carbonyl (C=O) groups is 1. The highest BCUT2D eigenvalue weighted by atomic mass is 16.6. The van der Waals surface area contributed by atoms with Crippen LogP contribution in [-0.4, -0.2) is 75.0 Å². The first kappa shape index (κ1) is 25.0. The van der Waals surface area contributed by atoms with Gasteiger partial charge < -0.3 is 30.1 Å². The number of ether oxygens (including phenoxy) is 1. The molecule has 0 aromatic carbocycles. The highest BCUT2D eigenvalue weighted by Crippen LogP contribution is 2.24. The Morgan fingerprint density at radius 1 is 0.929 bits per heavy atom. The van der Waals surface area contributed by atoms with Crippen LogP contribution in [0.5, 0.6) is 0 Å². The van der Waals surface area contributed by atoms with E-state index >= 15 is 0 Å². The molecule has 1 fully saturated rings. The van der Waals surface area contributed by atoms with E-state index in [4.69, 9.17) is 4.74 Å². The Balaban J connectivity index is 2.43. The molecule has 28 heavy (non-hydrogen) atoms. The number of amides is 1. The Morgan fingerprint density at radius 3 is 1.96 bits per heavy atom. The van der Waals surface area contributed by atoms with Gasteiger partial charge >= 0.3 is 0 Å². The summed E-state index contributed by atoms with van der Waals surface area (Å²) >= 11 is 0. The zero-order valence-electron chi connectivity index (χ0n) is 17.2. The van der Waals surface area contributed by atoms with Crippen molar-refractivity contribution >= 4 is 5.91 Å². The number of carbonyl (C=O) groups excluding carboxylic acids is 1. The summed E-state index contributed by atoms with van der Waals surface area (Å²) in [6.07, 6.45) is 6.21. The molecule has 0 radical (unpaired) electrons. The molecule has 4 N–H and O–H groups in total. The first-order valence-corrected chi connectivity index (χ1v) is 10.7. The van der Waals surface area contributed by atoms with E-state index in [-0.39, 0.29) is 0 Å². The van der Waals surface area contributed by atoms with Gasteiger partial charge in [0.2, 0.25) is 5.91 Å². The zero-order chi connectivity index (χ0) is 20.9. The largest absolute Gasteiger partial charge is 0.394 e. The van der Waals surface area contributed by atoms with Crippen molar-refractivity contribution in [2.75, 3.05) is 13.2 Å². The third-order valence-corrected chi connectivity index (χ3v) is 5.38. The van der Waals surface area contributed by atoms with E-state index in [1.807, 2.05) is 0 Å². The molecule has 1 aliphatic heterocycles.